The summed E-state index contributed by atoms with van der Waals surface area (Å²) in [4.78, 5) is 24.1. The summed E-state index contributed by atoms with van der Waals surface area (Å²) < 4.78 is 9.75. The van der Waals surface area contributed by atoms with E-state index in [0.29, 0.717) is 12.2 Å². The van der Waals surface area contributed by atoms with Crippen molar-refractivity contribution in [1.82, 2.24) is 10.5 Å². The molecule has 23 heavy (non-hydrogen) atoms. The highest BCUT2D eigenvalue weighted by atomic mass is 16.5. The second-order valence-corrected chi connectivity index (χ2v) is 5.71. The molecule has 6 nitrogen and oxygen atoms in total. The number of carbonyl (C=O) groups is 2. The third kappa shape index (κ3) is 3.26. The number of nitrogens with zero attached hydrogens (tertiary/aromatic N) is 1. The first kappa shape index (κ1) is 15.3. The molecule has 1 saturated carbocycles. The van der Waals surface area contributed by atoms with Gasteiger partial charge >= 0.3 is 5.97 Å². The second kappa shape index (κ2) is 6.24. The zero-order chi connectivity index (χ0) is 16.4. The van der Waals surface area contributed by atoms with E-state index in [-0.39, 0.29) is 35.4 Å². The number of hydrogen-bond donors (Lipinski definition) is 1. The van der Waals surface area contributed by atoms with Crippen LogP contribution in [0.4, 0.5) is 0 Å². The monoisotopic (exact) mass is 314 g/mol. The van der Waals surface area contributed by atoms with Gasteiger partial charge in [0.15, 0.2) is 5.69 Å². The first-order valence-electron chi connectivity index (χ1n) is 7.47. The van der Waals surface area contributed by atoms with Crippen molar-refractivity contribution in [2.75, 3.05) is 7.11 Å². The maximum atomic E-state index is 12.4. The molecule has 1 amide bonds. The predicted octanol–water partition coefficient (Wildman–Crippen LogP) is 2.26. The highest BCUT2D eigenvalue weighted by molar-refractivity contribution is 5.92. The number of ether oxygens (including phenoxy) is 1. The number of aryl methyl sites for hydroxylation is 1. The fourth-order valence-electron chi connectivity index (χ4n) is 2.79. The topological polar surface area (TPSA) is 81.4 Å². The van der Waals surface area contributed by atoms with Crippen LogP contribution in [0, 0.1) is 18.8 Å². The van der Waals surface area contributed by atoms with E-state index in [1.807, 2.05) is 30.3 Å². The van der Waals surface area contributed by atoms with Crippen LogP contribution in [0.3, 0.4) is 0 Å². The predicted molar refractivity (Wildman–Crippen MR) is 81.5 cm³/mol. The van der Waals surface area contributed by atoms with Gasteiger partial charge in [-0.15, -0.1) is 0 Å². The molecule has 0 saturated heterocycles. The minimum absolute atomic E-state index is 0.0294. The Hall–Kier alpha value is -2.63. The average Bonchev–Trinajstić information content (AvgIpc) is 3.25. The van der Waals surface area contributed by atoms with Gasteiger partial charge < -0.3 is 14.6 Å². The van der Waals surface area contributed by atoms with Crippen LogP contribution in [-0.2, 0) is 9.53 Å². The quantitative estimate of drug-likeness (QED) is 0.856. The summed E-state index contributed by atoms with van der Waals surface area (Å²) in [5, 5.41) is 6.70. The Morgan fingerprint density at radius 1 is 1.35 bits per heavy atom. The highest BCUT2D eigenvalue weighted by Gasteiger charge is 2.49. The Morgan fingerprint density at radius 3 is 2.70 bits per heavy atom. The van der Waals surface area contributed by atoms with Gasteiger partial charge in [0.25, 0.3) is 5.91 Å². The van der Waals surface area contributed by atoms with Gasteiger partial charge in [0.05, 0.1) is 19.1 Å². The molecule has 3 rings (SSSR count). The SMILES string of the molecule is COC(=O)[C@@H]1C[C@H]1[C@@H](NC(=O)c1cc(C)on1)c1ccccc1. The largest absolute Gasteiger partial charge is 0.469 e. The lowest BCUT2D eigenvalue weighted by atomic mass is 10.0. The molecule has 0 radical (unpaired) electrons. The first-order valence-corrected chi connectivity index (χ1v) is 7.47. The number of amides is 1. The highest BCUT2D eigenvalue weighted by Crippen LogP contribution is 2.48. The zero-order valence-electron chi connectivity index (χ0n) is 13.0. The summed E-state index contributed by atoms with van der Waals surface area (Å²) in [5.74, 6) is -0.120. The van der Waals surface area contributed by atoms with E-state index in [0.717, 1.165) is 5.56 Å². The first-order chi connectivity index (χ1) is 11.1. The molecule has 1 aliphatic carbocycles. The van der Waals surface area contributed by atoms with Crippen LogP contribution in [0.2, 0.25) is 0 Å². The van der Waals surface area contributed by atoms with Crippen LogP contribution in [0.25, 0.3) is 0 Å². The molecular weight excluding hydrogens is 296 g/mol. The van der Waals surface area contributed by atoms with Gasteiger partial charge in [-0.2, -0.15) is 0 Å². The van der Waals surface area contributed by atoms with E-state index in [9.17, 15) is 9.59 Å². The molecule has 1 aliphatic rings. The van der Waals surface area contributed by atoms with Crippen LogP contribution in [0.1, 0.15) is 34.3 Å². The number of esters is 1. The van der Waals surface area contributed by atoms with Crippen molar-refractivity contribution >= 4 is 11.9 Å². The number of carbonyl (C=O) groups excluding carboxylic acids is 2. The Kier molecular flexibility index (Phi) is 4.14. The molecule has 1 heterocycles. The lowest BCUT2D eigenvalue weighted by molar-refractivity contribution is -0.142. The van der Waals surface area contributed by atoms with Crippen LogP contribution < -0.4 is 5.32 Å². The van der Waals surface area contributed by atoms with Crippen molar-refractivity contribution in [3.05, 3.63) is 53.4 Å². The van der Waals surface area contributed by atoms with E-state index in [2.05, 4.69) is 10.5 Å². The van der Waals surface area contributed by atoms with E-state index < -0.39 is 0 Å². The fourth-order valence-corrected chi connectivity index (χ4v) is 2.79. The summed E-state index contributed by atoms with van der Waals surface area (Å²) in [6.45, 7) is 1.73. The van der Waals surface area contributed by atoms with Gasteiger partial charge in [-0.1, -0.05) is 35.5 Å². The number of nitrogens with one attached hydrogen (secondary N) is 1. The molecule has 0 spiro atoms. The van der Waals surface area contributed by atoms with Crippen molar-refractivity contribution < 1.29 is 18.8 Å². The summed E-state index contributed by atoms with van der Waals surface area (Å²) in [6, 6.07) is 10.9. The number of aromatic nitrogens is 1. The molecule has 2 aromatic rings. The maximum Gasteiger partial charge on any atom is 0.309 e. The Bertz CT molecular complexity index is 710. The van der Waals surface area contributed by atoms with Gasteiger partial charge in [-0.25, -0.2) is 0 Å². The average molecular weight is 314 g/mol. The van der Waals surface area contributed by atoms with Crippen molar-refractivity contribution in [2.24, 2.45) is 11.8 Å². The molecule has 120 valence electrons. The van der Waals surface area contributed by atoms with E-state index in [1.54, 1.807) is 13.0 Å². The van der Waals surface area contributed by atoms with E-state index in [1.165, 1.54) is 7.11 Å². The molecule has 0 bridgehead atoms. The minimum Gasteiger partial charge on any atom is -0.469 e. The summed E-state index contributed by atoms with van der Waals surface area (Å²) in [7, 11) is 1.38. The maximum absolute atomic E-state index is 12.4. The molecule has 1 aromatic heterocycles. The Morgan fingerprint density at radius 2 is 2.09 bits per heavy atom. The van der Waals surface area contributed by atoms with Crippen molar-refractivity contribution in [2.45, 2.75) is 19.4 Å². The Labute approximate surface area is 133 Å². The third-order valence-corrected chi connectivity index (χ3v) is 4.08. The lowest BCUT2D eigenvalue weighted by Crippen LogP contribution is -2.31. The molecule has 1 aromatic carbocycles. The van der Waals surface area contributed by atoms with Crippen molar-refractivity contribution in [3.8, 4) is 0 Å². The smallest absolute Gasteiger partial charge is 0.309 e. The van der Waals surface area contributed by atoms with Gasteiger partial charge in [-0.05, 0) is 24.8 Å². The second-order valence-electron chi connectivity index (χ2n) is 5.71. The summed E-state index contributed by atoms with van der Waals surface area (Å²) in [5.41, 5.74) is 1.19. The molecule has 3 atom stereocenters. The van der Waals surface area contributed by atoms with E-state index >= 15 is 0 Å². The molecular formula is C17H18N2O4. The molecule has 6 heteroatoms. The molecule has 1 fully saturated rings. The van der Waals surface area contributed by atoms with Gasteiger partial charge in [0.1, 0.15) is 5.76 Å². The van der Waals surface area contributed by atoms with E-state index in [4.69, 9.17) is 9.26 Å². The summed E-state index contributed by atoms with van der Waals surface area (Å²) in [6.07, 6.45) is 0.699. The van der Waals surface area contributed by atoms with Gasteiger partial charge in [0, 0.05) is 6.07 Å². The molecule has 0 unspecified atom stereocenters. The number of benzene rings is 1. The standard InChI is InChI=1S/C17H18N2O4/c1-10-8-14(19-23-10)16(20)18-15(11-6-4-3-5-7-11)12-9-13(12)17(21)22-2/h3-8,12-13,15H,9H2,1-2H3,(H,18,20)/t12-,13-,15+/m1/s1. The van der Waals surface area contributed by atoms with Crippen LogP contribution in [0.15, 0.2) is 40.9 Å². The van der Waals surface area contributed by atoms with Crippen LogP contribution in [0.5, 0.6) is 0 Å². The molecule has 0 aliphatic heterocycles. The van der Waals surface area contributed by atoms with Crippen molar-refractivity contribution in [1.29, 1.82) is 0 Å². The number of rotatable bonds is 5. The minimum atomic E-state index is -0.314. The fraction of sp³-hybridized carbons (Fsp3) is 0.353. The normalized spacial score (nSPS) is 20.6. The molecule has 1 N–H and O–H groups in total. The van der Waals surface area contributed by atoms with Crippen LogP contribution in [-0.4, -0.2) is 24.1 Å². The number of methoxy groups -OCH3 is 1. The third-order valence-electron chi connectivity index (χ3n) is 4.08. The van der Waals surface area contributed by atoms with Crippen molar-refractivity contribution in [3.63, 3.8) is 0 Å². The van der Waals surface area contributed by atoms with Crippen LogP contribution >= 0.6 is 0 Å². The Balaban J connectivity index is 1.79. The van der Waals surface area contributed by atoms with Gasteiger partial charge in [0.2, 0.25) is 0 Å². The number of hydrogen-bond acceptors (Lipinski definition) is 5. The zero-order valence-corrected chi connectivity index (χ0v) is 13.0. The van der Waals surface area contributed by atoms with Gasteiger partial charge in [-0.3, -0.25) is 9.59 Å². The lowest BCUT2D eigenvalue weighted by Gasteiger charge is -2.18. The summed E-state index contributed by atoms with van der Waals surface area (Å²) >= 11 is 0.